The Labute approximate surface area is 56.0 Å². The Morgan fingerprint density at radius 1 is 1.71 bits per heavy atom. The molecule has 0 saturated heterocycles. The van der Waals surface area contributed by atoms with E-state index in [1.54, 1.807) is 6.92 Å². The van der Waals surface area contributed by atoms with E-state index in [-0.39, 0.29) is 25.4 Å². The topological polar surface area (TPSA) is 26.3 Å². The normalized spacial score (nSPS) is 6.57. The fourth-order valence-electron chi connectivity index (χ4n) is 0.203. The molecule has 0 rings (SSSR count). The Kier molecular flexibility index (Phi) is 8.84. The minimum absolute atomic E-state index is 0. The van der Waals surface area contributed by atoms with Gasteiger partial charge in [-0.25, -0.2) is 0 Å². The van der Waals surface area contributed by atoms with Crippen LogP contribution in [0.25, 0.3) is 0 Å². The van der Waals surface area contributed by atoms with Crippen molar-refractivity contribution >= 4 is 5.97 Å². The Morgan fingerprint density at radius 2 is 2.14 bits per heavy atom. The summed E-state index contributed by atoms with van der Waals surface area (Å²) in [5.41, 5.74) is 0. The third kappa shape index (κ3) is 10.7. The maximum atomic E-state index is 9.82. The molecule has 2 nitrogen and oxygen atoms in total. The molecule has 0 aromatic heterocycles. The van der Waals surface area contributed by atoms with Crippen LogP contribution >= 0.6 is 0 Å². The number of hydrogen-bond acceptors (Lipinski definition) is 2. The van der Waals surface area contributed by atoms with Crippen LogP contribution in [0.15, 0.2) is 0 Å². The van der Waals surface area contributed by atoms with Crippen molar-refractivity contribution in [3.8, 4) is 0 Å². The molecule has 45 valence electrons. The largest absolute Gasteiger partial charge is 0.466 e. The Balaban J connectivity index is 0. The minimum atomic E-state index is -0.211. The monoisotopic (exact) mass is 191 g/mol. The fourth-order valence-corrected chi connectivity index (χ4v) is 0.203. The molecule has 0 aliphatic heterocycles. The van der Waals surface area contributed by atoms with Gasteiger partial charge >= 0.3 is 5.97 Å². The summed E-state index contributed by atoms with van der Waals surface area (Å²) in [6, 6.07) is 0. The van der Waals surface area contributed by atoms with Gasteiger partial charge in [0.2, 0.25) is 0 Å². The van der Waals surface area contributed by atoms with Gasteiger partial charge in [-0.05, 0) is 6.92 Å². The van der Waals surface area contributed by atoms with Crippen molar-refractivity contribution in [1.29, 1.82) is 0 Å². The summed E-state index contributed by atoms with van der Waals surface area (Å²) in [6.45, 7) is 3.65. The first-order valence-electron chi connectivity index (χ1n) is 1.90. The van der Waals surface area contributed by atoms with E-state index >= 15 is 0 Å². The second-order valence-corrected chi connectivity index (χ2v) is 0.925. The summed E-state index contributed by atoms with van der Waals surface area (Å²) in [4.78, 5) is 9.82. The van der Waals surface area contributed by atoms with Crippen LogP contribution in [-0.2, 0) is 29.0 Å². The molecule has 0 aromatic rings. The number of hydrogen-bond donors (Lipinski definition) is 0. The van der Waals surface area contributed by atoms with Crippen molar-refractivity contribution in [3.63, 3.8) is 0 Å². The molecule has 0 amide bonds. The average molecular weight is 191 g/mol. The standard InChI is InChI=1S/C4H8O2.Rh/c1-3-6-4(2)5;/h3H2,1-2H3;. The van der Waals surface area contributed by atoms with E-state index in [9.17, 15) is 4.79 Å². The first kappa shape index (κ1) is 10.2. The van der Waals surface area contributed by atoms with E-state index in [0.29, 0.717) is 6.61 Å². The quantitative estimate of drug-likeness (QED) is 0.447. The van der Waals surface area contributed by atoms with Gasteiger partial charge in [-0.3, -0.25) is 4.79 Å². The van der Waals surface area contributed by atoms with Crippen LogP contribution in [0.1, 0.15) is 13.8 Å². The zero-order valence-corrected chi connectivity index (χ0v) is 6.00. The molecule has 1 radical (unpaired) electrons. The van der Waals surface area contributed by atoms with Crippen molar-refractivity contribution in [3.05, 3.63) is 0 Å². The first-order valence-corrected chi connectivity index (χ1v) is 1.90. The summed E-state index contributed by atoms with van der Waals surface area (Å²) in [7, 11) is 0. The van der Waals surface area contributed by atoms with E-state index in [2.05, 4.69) is 4.74 Å². The molecule has 0 aromatic carbocycles. The van der Waals surface area contributed by atoms with Crippen LogP contribution in [0.5, 0.6) is 0 Å². The van der Waals surface area contributed by atoms with Crippen LogP contribution in [0.3, 0.4) is 0 Å². The zero-order chi connectivity index (χ0) is 4.99. The molecule has 0 aliphatic carbocycles. The van der Waals surface area contributed by atoms with Crippen LogP contribution in [0, 0.1) is 0 Å². The summed E-state index contributed by atoms with van der Waals surface area (Å²) >= 11 is 0. The van der Waals surface area contributed by atoms with Crippen molar-refractivity contribution in [2.24, 2.45) is 0 Å². The van der Waals surface area contributed by atoms with Gasteiger partial charge in [-0.1, -0.05) is 0 Å². The molecule has 0 saturated carbocycles. The van der Waals surface area contributed by atoms with Gasteiger partial charge in [0.05, 0.1) is 6.61 Å². The maximum Gasteiger partial charge on any atom is 0.302 e. The van der Waals surface area contributed by atoms with Gasteiger partial charge in [-0.15, -0.1) is 0 Å². The van der Waals surface area contributed by atoms with Gasteiger partial charge < -0.3 is 4.74 Å². The fraction of sp³-hybridized carbons (Fsp3) is 0.750. The third-order valence-corrected chi connectivity index (χ3v) is 0.348. The van der Waals surface area contributed by atoms with E-state index < -0.39 is 0 Å². The van der Waals surface area contributed by atoms with E-state index in [0.717, 1.165) is 0 Å². The van der Waals surface area contributed by atoms with Gasteiger partial charge in [0.15, 0.2) is 0 Å². The molecule has 0 fully saturated rings. The molecule has 0 aliphatic rings. The molecule has 0 N–H and O–H groups in total. The van der Waals surface area contributed by atoms with Crippen LogP contribution in [0.2, 0.25) is 0 Å². The van der Waals surface area contributed by atoms with Crippen LogP contribution in [-0.4, -0.2) is 12.6 Å². The van der Waals surface area contributed by atoms with Crippen molar-refractivity contribution < 1.29 is 29.0 Å². The molecule has 0 heterocycles. The predicted molar refractivity (Wildman–Crippen MR) is 22.3 cm³/mol. The Hall–Kier alpha value is 0.0934. The van der Waals surface area contributed by atoms with E-state index in [4.69, 9.17) is 0 Å². The summed E-state index contributed by atoms with van der Waals surface area (Å²) in [5.74, 6) is -0.211. The van der Waals surface area contributed by atoms with Gasteiger partial charge in [-0.2, -0.15) is 0 Å². The summed E-state index contributed by atoms with van der Waals surface area (Å²) in [5, 5.41) is 0. The van der Waals surface area contributed by atoms with Gasteiger partial charge in [0, 0.05) is 26.4 Å². The van der Waals surface area contributed by atoms with Crippen LogP contribution < -0.4 is 0 Å². The second kappa shape index (κ2) is 6.09. The second-order valence-electron chi connectivity index (χ2n) is 0.925. The number of rotatable bonds is 1. The smallest absolute Gasteiger partial charge is 0.302 e. The van der Waals surface area contributed by atoms with Crippen LogP contribution in [0.4, 0.5) is 0 Å². The molecule has 3 heteroatoms. The molecule has 0 bridgehead atoms. The van der Waals surface area contributed by atoms with Gasteiger partial charge in [0.25, 0.3) is 0 Å². The number of esters is 1. The molecule has 0 unspecified atom stereocenters. The van der Waals surface area contributed by atoms with Gasteiger partial charge in [0.1, 0.15) is 0 Å². The Bertz CT molecular complexity index is 53.7. The van der Waals surface area contributed by atoms with Crippen molar-refractivity contribution in [2.45, 2.75) is 13.8 Å². The molecule has 0 atom stereocenters. The molecule has 0 spiro atoms. The molecular weight excluding hydrogens is 183 g/mol. The number of carbonyl (C=O) groups excluding carboxylic acids is 1. The minimum Gasteiger partial charge on any atom is -0.466 e. The third-order valence-electron chi connectivity index (χ3n) is 0.348. The first-order chi connectivity index (χ1) is 2.77. The maximum absolute atomic E-state index is 9.82. The van der Waals surface area contributed by atoms with Crippen molar-refractivity contribution in [2.75, 3.05) is 6.61 Å². The summed E-state index contributed by atoms with van der Waals surface area (Å²) in [6.07, 6.45) is 0. The van der Waals surface area contributed by atoms with Crippen molar-refractivity contribution in [1.82, 2.24) is 0 Å². The van der Waals surface area contributed by atoms with E-state index in [1.165, 1.54) is 6.92 Å². The number of carbonyl (C=O) groups is 1. The number of ether oxygens (including phenoxy) is 1. The zero-order valence-electron chi connectivity index (χ0n) is 4.36. The van der Waals surface area contributed by atoms with E-state index in [1.807, 2.05) is 0 Å². The average Bonchev–Trinajstić information content (AvgIpc) is 1.35. The SMILES string of the molecule is CCOC(C)=O.[Rh]. The molecular formula is C4H8O2Rh. The summed E-state index contributed by atoms with van der Waals surface area (Å²) < 4.78 is 4.40. The predicted octanol–water partition coefficient (Wildman–Crippen LogP) is 0.567. The molecule has 7 heavy (non-hydrogen) atoms. The Morgan fingerprint density at radius 3 is 2.14 bits per heavy atom.